The predicted molar refractivity (Wildman–Crippen MR) is 57.9 cm³/mol. The molecule has 94 valence electrons. The number of furan rings is 1. The Labute approximate surface area is 101 Å². The summed E-state index contributed by atoms with van der Waals surface area (Å²) >= 11 is 0. The van der Waals surface area contributed by atoms with E-state index in [1.807, 2.05) is 0 Å². The largest absolute Gasteiger partial charge is 0.463 e. The molecule has 1 aromatic rings. The van der Waals surface area contributed by atoms with Gasteiger partial charge in [0.05, 0.1) is 13.3 Å². The van der Waals surface area contributed by atoms with E-state index in [9.17, 15) is 14.4 Å². The molecule has 3 amide bonds. The van der Waals surface area contributed by atoms with E-state index in [-0.39, 0.29) is 18.1 Å². The molecule has 8 nitrogen and oxygen atoms in total. The number of nitrogens with zero attached hydrogens (tertiary/aromatic N) is 2. The molecule has 1 N–H and O–H groups in total. The van der Waals surface area contributed by atoms with E-state index >= 15 is 0 Å². The van der Waals surface area contributed by atoms with E-state index in [2.05, 4.69) is 15.2 Å². The highest BCUT2D eigenvalue weighted by Crippen LogP contribution is 2.07. The molecule has 18 heavy (non-hydrogen) atoms. The highest BCUT2D eigenvalue weighted by atomic mass is 16.5. The topological polar surface area (TPSA) is 101 Å². The molecule has 0 bridgehead atoms. The first-order chi connectivity index (χ1) is 8.60. The van der Waals surface area contributed by atoms with Crippen LogP contribution in [-0.2, 0) is 9.53 Å². The lowest BCUT2D eigenvalue weighted by atomic mass is 10.4. The Hall–Kier alpha value is -2.64. The minimum atomic E-state index is -0.608. The number of hydrogen-bond acceptors (Lipinski definition) is 6. The number of urea groups is 1. The minimum absolute atomic E-state index is 0.0286. The van der Waals surface area contributed by atoms with Gasteiger partial charge in [-0.1, -0.05) is 0 Å². The van der Waals surface area contributed by atoms with Crippen LogP contribution in [0.4, 0.5) is 4.79 Å². The number of ether oxygens (including phenoxy) is 1. The van der Waals surface area contributed by atoms with Gasteiger partial charge in [-0.05, 0) is 12.1 Å². The van der Waals surface area contributed by atoms with Gasteiger partial charge in [-0.25, -0.2) is 14.6 Å². The van der Waals surface area contributed by atoms with Crippen LogP contribution < -0.4 is 5.32 Å². The number of carbonyl (C=O) groups is 3. The molecule has 2 rings (SSSR count). The molecule has 1 aliphatic heterocycles. The van der Waals surface area contributed by atoms with Crippen molar-refractivity contribution in [1.82, 2.24) is 10.3 Å². The maximum atomic E-state index is 11.1. The molecule has 0 saturated carbocycles. The van der Waals surface area contributed by atoms with Crippen LogP contribution in [-0.4, -0.2) is 42.8 Å². The molecule has 8 heteroatoms. The first-order valence-electron chi connectivity index (χ1n) is 4.93. The van der Waals surface area contributed by atoms with Gasteiger partial charge in [0.25, 0.3) is 0 Å². The molecule has 1 aliphatic rings. The Morgan fingerprint density at radius 2 is 2.33 bits per heavy atom. The van der Waals surface area contributed by atoms with Gasteiger partial charge in [-0.15, -0.1) is 0 Å². The van der Waals surface area contributed by atoms with Crippen LogP contribution in [0.15, 0.2) is 21.7 Å². The van der Waals surface area contributed by atoms with E-state index in [0.29, 0.717) is 0 Å². The van der Waals surface area contributed by atoms with Gasteiger partial charge in [0.15, 0.2) is 0 Å². The molecule has 0 aromatic carbocycles. The van der Waals surface area contributed by atoms with Crippen molar-refractivity contribution >= 4 is 24.1 Å². The maximum absolute atomic E-state index is 11.1. The highest BCUT2D eigenvalue weighted by molar-refractivity contribution is 6.02. The van der Waals surface area contributed by atoms with Gasteiger partial charge in [0.2, 0.25) is 11.7 Å². The van der Waals surface area contributed by atoms with E-state index < -0.39 is 17.9 Å². The summed E-state index contributed by atoms with van der Waals surface area (Å²) in [5.74, 6) is -0.737. The van der Waals surface area contributed by atoms with Crippen LogP contribution in [0.25, 0.3) is 0 Å². The molecule has 1 fully saturated rings. The molecular formula is C10H9N3O5. The summed E-state index contributed by atoms with van der Waals surface area (Å²) in [7, 11) is 1.23. The van der Waals surface area contributed by atoms with E-state index in [1.165, 1.54) is 25.5 Å². The van der Waals surface area contributed by atoms with Crippen LogP contribution in [0.2, 0.25) is 0 Å². The zero-order valence-electron chi connectivity index (χ0n) is 9.37. The van der Waals surface area contributed by atoms with E-state index in [1.54, 1.807) is 0 Å². The normalized spacial score (nSPS) is 15.3. The summed E-state index contributed by atoms with van der Waals surface area (Å²) in [4.78, 5) is 33.1. The average molecular weight is 251 g/mol. The number of rotatable bonds is 3. The summed E-state index contributed by atoms with van der Waals surface area (Å²) in [5, 5.41) is 6.77. The Morgan fingerprint density at radius 1 is 1.56 bits per heavy atom. The Morgan fingerprint density at radius 3 is 2.94 bits per heavy atom. The van der Waals surface area contributed by atoms with E-state index in [4.69, 9.17) is 4.42 Å². The first kappa shape index (κ1) is 11.8. The quantitative estimate of drug-likeness (QED) is 0.461. The van der Waals surface area contributed by atoms with Crippen molar-refractivity contribution < 1.29 is 23.5 Å². The lowest BCUT2D eigenvalue weighted by molar-refractivity contribution is -0.118. The molecule has 2 heterocycles. The number of methoxy groups -OCH3 is 1. The fourth-order valence-electron chi connectivity index (χ4n) is 1.28. The third-order valence-corrected chi connectivity index (χ3v) is 2.11. The zero-order valence-corrected chi connectivity index (χ0v) is 9.37. The van der Waals surface area contributed by atoms with Crippen LogP contribution in [0.1, 0.15) is 16.3 Å². The maximum Gasteiger partial charge on any atom is 0.373 e. The highest BCUT2D eigenvalue weighted by Gasteiger charge is 2.26. The fraction of sp³-hybridized carbons (Fsp3) is 0.200. The molecule has 0 spiro atoms. The van der Waals surface area contributed by atoms with Crippen molar-refractivity contribution in [2.75, 3.05) is 13.7 Å². The monoisotopic (exact) mass is 251 g/mol. The van der Waals surface area contributed by atoms with Gasteiger partial charge in [0.1, 0.15) is 12.3 Å². The van der Waals surface area contributed by atoms with Crippen LogP contribution in [0.3, 0.4) is 0 Å². The number of hydrazone groups is 1. The minimum Gasteiger partial charge on any atom is -0.463 e. The van der Waals surface area contributed by atoms with Gasteiger partial charge >= 0.3 is 12.0 Å². The van der Waals surface area contributed by atoms with Crippen molar-refractivity contribution in [3.63, 3.8) is 0 Å². The number of amides is 3. The second-order valence-electron chi connectivity index (χ2n) is 3.35. The van der Waals surface area contributed by atoms with Crippen molar-refractivity contribution in [3.8, 4) is 0 Å². The fourth-order valence-corrected chi connectivity index (χ4v) is 1.28. The number of carbonyl (C=O) groups excluding carboxylic acids is 3. The molecule has 0 radical (unpaired) electrons. The molecule has 0 unspecified atom stereocenters. The molecule has 0 aliphatic carbocycles. The first-order valence-corrected chi connectivity index (χ1v) is 4.93. The Bertz CT molecular complexity index is 533. The predicted octanol–water partition coefficient (Wildman–Crippen LogP) is -0.0481. The van der Waals surface area contributed by atoms with Crippen LogP contribution in [0, 0.1) is 0 Å². The third kappa shape index (κ3) is 2.37. The van der Waals surface area contributed by atoms with Gasteiger partial charge in [-0.3, -0.25) is 10.1 Å². The molecule has 1 saturated heterocycles. The second-order valence-corrected chi connectivity index (χ2v) is 3.35. The van der Waals surface area contributed by atoms with Gasteiger partial charge < -0.3 is 9.15 Å². The Balaban J connectivity index is 2.05. The average Bonchev–Trinajstić information content (AvgIpc) is 2.92. The van der Waals surface area contributed by atoms with Gasteiger partial charge in [-0.2, -0.15) is 5.10 Å². The molecule has 0 atom stereocenters. The number of hydrogen-bond donors (Lipinski definition) is 1. The van der Waals surface area contributed by atoms with E-state index in [0.717, 1.165) is 5.01 Å². The SMILES string of the molecule is COC(=O)c1ccc(/C=N\N2CC(=O)NC2=O)o1. The lowest BCUT2D eigenvalue weighted by Crippen LogP contribution is -2.24. The summed E-state index contributed by atoms with van der Waals surface area (Å²) in [6, 6.07) is 2.31. The molecule has 1 aromatic heterocycles. The summed E-state index contributed by atoms with van der Waals surface area (Å²) in [5.41, 5.74) is 0. The van der Waals surface area contributed by atoms with Crippen molar-refractivity contribution in [1.29, 1.82) is 0 Å². The zero-order chi connectivity index (χ0) is 13.1. The third-order valence-electron chi connectivity index (χ3n) is 2.11. The summed E-state index contributed by atoms with van der Waals surface area (Å²) < 4.78 is 9.55. The van der Waals surface area contributed by atoms with Gasteiger partial charge in [0, 0.05) is 0 Å². The number of nitrogens with one attached hydrogen (secondary N) is 1. The van der Waals surface area contributed by atoms with Crippen molar-refractivity contribution in [3.05, 3.63) is 23.7 Å². The molecular weight excluding hydrogens is 242 g/mol. The second kappa shape index (κ2) is 4.70. The summed E-state index contributed by atoms with van der Waals surface area (Å²) in [6.07, 6.45) is 1.23. The van der Waals surface area contributed by atoms with Crippen molar-refractivity contribution in [2.24, 2.45) is 5.10 Å². The lowest BCUT2D eigenvalue weighted by Gasteiger charge is -2.02. The Kier molecular flexibility index (Phi) is 3.09. The summed E-state index contributed by atoms with van der Waals surface area (Å²) in [6.45, 7) is -0.139. The number of imide groups is 1. The smallest absolute Gasteiger partial charge is 0.373 e. The van der Waals surface area contributed by atoms with Crippen LogP contribution in [0.5, 0.6) is 0 Å². The standard InChI is InChI=1S/C10H9N3O5/c1-17-9(15)7-3-2-6(18-7)4-11-13-5-8(14)12-10(13)16/h2-4H,5H2,1H3,(H,12,14,16)/b11-4-. The number of esters is 1. The van der Waals surface area contributed by atoms with Crippen LogP contribution >= 0.6 is 0 Å². The van der Waals surface area contributed by atoms with Crippen molar-refractivity contribution in [2.45, 2.75) is 0 Å².